The molecule has 0 atom stereocenters. The second-order valence-electron chi connectivity index (χ2n) is 7.05. The van der Waals surface area contributed by atoms with Crippen molar-refractivity contribution in [3.8, 4) is 0 Å². The number of hydrogen-bond donors (Lipinski definition) is 1. The molecular weight excluding hydrogens is 398 g/mol. The van der Waals surface area contributed by atoms with Crippen molar-refractivity contribution in [1.82, 2.24) is 9.88 Å². The summed E-state index contributed by atoms with van der Waals surface area (Å²) in [5, 5.41) is 2.77. The van der Waals surface area contributed by atoms with Gasteiger partial charge in [0.2, 0.25) is 11.8 Å². The maximum absolute atomic E-state index is 12.7. The molecule has 1 N–H and O–H groups in total. The van der Waals surface area contributed by atoms with E-state index in [1.165, 1.54) is 18.3 Å². The predicted octanol–water partition coefficient (Wildman–Crippen LogP) is 2.41. The summed E-state index contributed by atoms with van der Waals surface area (Å²) in [5.74, 6) is -0.179. The maximum Gasteiger partial charge on any atom is 0.227 e. The zero-order chi connectivity index (χ0) is 20.5. The van der Waals surface area contributed by atoms with Gasteiger partial charge in [-0.05, 0) is 31.5 Å². The average molecular weight is 422 g/mol. The van der Waals surface area contributed by atoms with E-state index >= 15 is 0 Å². The largest absolute Gasteiger partial charge is 0.337 e. The van der Waals surface area contributed by atoms with Gasteiger partial charge < -0.3 is 10.2 Å². The number of rotatable bonds is 5. The molecule has 0 fully saturated rings. The van der Waals surface area contributed by atoms with E-state index in [0.717, 1.165) is 16.1 Å². The molecule has 2 aromatic rings. The number of fused-ring (bicyclic) bond motifs is 1. The van der Waals surface area contributed by atoms with E-state index < -0.39 is 15.1 Å². The van der Waals surface area contributed by atoms with Crippen LogP contribution in [0.15, 0.2) is 29.2 Å². The Balaban J connectivity index is 1.66. The molecule has 28 heavy (non-hydrogen) atoms. The number of amides is 2. The Morgan fingerprint density at radius 3 is 2.54 bits per heavy atom. The van der Waals surface area contributed by atoms with Gasteiger partial charge in [-0.1, -0.05) is 23.5 Å². The zero-order valence-electron chi connectivity index (χ0n) is 16.1. The highest BCUT2D eigenvalue weighted by molar-refractivity contribution is 7.92. The molecule has 9 heteroatoms. The number of carbonyl (C=O) groups excluding carboxylic acids is 2. The van der Waals surface area contributed by atoms with Crippen molar-refractivity contribution in [2.24, 2.45) is 0 Å². The van der Waals surface area contributed by atoms with Crippen molar-refractivity contribution in [3.05, 3.63) is 40.4 Å². The minimum atomic E-state index is -3.31. The fraction of sp³-hybridized carbons (Fsp3) is 0.421. The molecule has 1 aliphatic heterocycles. The first-order chi connectivity index (χ1) is 13.2. The van der Waals surface area contributed by atoms with Crippen LogP contribution in [-0.2, 0) is 38.8 Å². The molecule has 0 bridgehead atoms. The van der Waals surface area contributed by atoms with Gasteiger partial charge in [-0.25, -0.2) is 13.4 Å². The number of anilines is 1. The molecule has 7 nitrogen and oxygen atoms in total. The zero-order valence-corrected chi connectivity index (χ0v) is 17.7. The van der Waals surface area contributed by atoms with Crippen LogP contribution in [0.2, 0.25) is 0 Å². The normalized spacial score (nSPS) is 14.1. The van der Waals surface area contributed by atoms with Crippen molar-refractivity contribution < 1.29 is 18.0 Å². The number of carbonyl (C=O) groups is 2. The first kappa shape index (κ1) is 20.5. The van der Waals surface area contributed by atoms with Gasteiger partial charge in [0.1, 0.15) is 0 Å². The van der Waals surface area contributed by atoms with E-state index in [1.807, 2.05) is 0 Å². The van der Waals surface area contributed by atoms with Crippen LogP contribution in [0.3, 0.4) is 0 Å². The molecule has 2 heterocycles. The van der Waals surface area contributed by atoms with Crippen LogP contribution in [0.25, 0.3) is 0 Å². The van der Waals surface area contributed by atoms with Crippen LogP contribution in [0, 0.1) is 0 Å². The maximum atomic E-state index is 12.7. The van der Waals surface area contributed by atoms with Crippen LogP contribution in [-0.4, -0.2) is 41.9 Å². The van der Waals surface area contributed by atoms with E-state index in [9.17, 15) is 18.0 Å². The van der Waals surface area contributed by atoms with E-state index in [0.29, 0.717) is 24.6 Å². The van der Waals surface area contributed by atoms with Gasteiger partial charge in [0, 0.05) is 24.8 Å². The molecule has 0 radical (unpaired) electrons. The van der Waals surface area contributed by atoms with Crippen LogP contribution in [0.1, 0.15) is 36.9 Å². The van der Waals surface area contributed by atoms with Crippen molar-refractivity contribution in [2.45, 2.75) is 50.3 Å². The minimum absolute atomic E-state index is 0.0143. The van der Waals surface area contributed by atoms with Crippen LogP contribution in [0.4, 0.5) is 5.13 Å². The molecule has 150 valence electrons. The highest BCUT2D eigenvalue weighted by Crippen LogP contribution is 2.28. The number of thiazole rings is 1. The predicted molar refractivity (Wildman–Crippen MR) is 108 cm³/mol. The average Bonchev–Trinajstić information content (AvgIpc) is 3.02. The summed E-state index contributed by atoms with van der Waals surface area (Å²) in [4.78, 5) is 31.3. The second kappa shape index (κ2) is 8.00. The van der Waals surface area contributed by atoms with E-state index in [-0.39, 0.29) is 23.1 Å². The Bertz CT molecular complexity index is 995. The summed E-state index contributed by atoms with van der Waals surface area (Å²) < 4.78 is 24.4. The van der Waals surface area contributed by atoms with E-state index in [1.54, 1.807) is 43.0 Å². The van der Waals surface area contributed by atoms with Gasteiger partial charge in [-0.3, -0.25) is 9.59 Å². The molecule has 1 aromatic heterocycles. The topological polar surface area (TPSA) is 96.4 Å². The smallest absolute Gasteiger partial charge is 0.227 e. The number of benzene rings is 1. The van der Waals surface area contributed by atoms with Crippen LogP contribution >= 0.6 is 11.3 Å². The van der Waals surface area contributed by atoms with E-state index in [2.05, 4.69) is 10.3 Å². The molecule has 3 rings (SSSR count). The number of nitrogens with one attached hydrogen (secondary N) is 1. The Labute approximate surface area is 168 Å². The van der Waals surface area contributed by atoms with Gasteiger partial charge in [-0.2, -0.15) is 0 Å². The molecule has 0 spiro atoms. The number of sulfone groups is 1. The lowest BCUT2D eigenvalue weighted by atomic mass is 10.1. The Morgan fingerprint density at radius 2 is 1.93 bits per heavy atom. The molecule has 0 saturated carbocycles. The third kappa shape index (κ3) is 4.41. The Hall–Kier alpha value is -2.26. The minimum Gasteiger partial charge on any atom is -0.337 e. The SMILES string of the molecule is CC(=O)Nc1nc2c(s1)CN(C(=O)Cc1ccc(S(=O)(=O)C(C)C)cc1)CC2. The molecule has 0 aliphatic carbocycles. The van der Waals surface area contributed by atoms with Crippen molar-refractivity contribution >= 4 is 38.1 Å². The monoisotopic (exact) mass is 421 g/mol. The molecule has 0 unspecified atom stereocenters. The lowest BCUT2D eigenvalue weighted by molar-refractivity contribution is -0.131. The quantitative estimate of drug-likeness (QED) is 0.800. The van der Waals surface area contributed by atoms with Crippen molar-refractivity contribution in [1.29, 1.82) is 0 Å². The third-order valence-corrected chi connectivity index (χ3v) is 7.76. The summed E-state index contributed by atoms with van der Waals surface area (Å²) in [6, 6.07) is 6.53. The summed E-state index contributed by atoms with van der Waals surface area (Å²) >= 11 is 1.39. The molecule has 2 amide bonds. The van der Waals surface area contributed by atoms with Gasteiger partial charge in [0.05, 0.1) is 28.8 Å². The first-order valence-electron chi connectivity index (χ1n) is 9.03. The Morgan fingerprint density at radius 1 is 1.25 bits per heavy atom. The summed E-state index contributed by atoms with van der Waals surface area (Å²) in [6.07, 6.45) is 0.872. The fourth-order valence-corrected chi connectivity index (χ4v) is 5.10. The standard InChI is InChI=1S/C19H23N3O4S2/c1-12(2)28(25,26)15-6-4-14(5-7-15)10-18(24)22-9-8-16-17(11-22)27-19(21-16)20-13(3)23/h4-7,12H,8-11H2,1-3H3,(H,20,21,23). The van der Waals surface area contributed by atoms with Crippen LogP contribution in [0.5, 0.6) is 0 Å². The fourth-order valence-electron chi connectivity index (χ4n) is 2.97. The molecular formula is C19H23N3O4S2. The van der Waals surface area contributed by atoms with Crippen LogP contribution < -0.4 is 5.32 Å². The summed E-state index contributed by atoms with van der Waals surface area (Å²) in [7, 11) is -3.31. The van der Waals surface area contributed by atoms with Gasteiger partial charge >= 0.3 is 0 Å². The third-order valence-electron chi connectivity index (χ3n) is 4.59. The Kier molecular flexibility index (Phi) is 5.85. The number of nitrogens with zero attached hydrogens (tertiary/aromatic N) is 2. The number of hydrogen-bond acceptors (Lipinski definition) is 6. The lowest BCUT2D eigenvalue weighted by Gasteiger charge is -2.26. The van der Waals surface area contributed by atoms with Crippen molar-refractivity contribution in [2.75, 3.05) is 11.9 Å². The van der Waals surface area contributed by atoms with E-state index in [4.69, 9.17) is 0 Å². The summed E-state index contributed by atoms with van der Waals surface area (Å²) in [6.45, 7) is 5.79. The first-order valence-corrected chi connectivity index (χ1v) is 11.4. The second-order valence-corrected chi connectivity index (χ2v) is 10.6. The highest BCUT2D eigenvalue weighted by Gasteiger charge is 2.25. The number of aromatic nitrogens is 1. The molecule has 1 aliphatic rings. The highest BCUT2D eigenvalue weighted by atomic mass is 32.2. The van der Waals surface area contributed by atoms with Gasteiger partial charge in [-0.15, -0.1) is 0 Å². The van der Waals surface area contributed by atoms with Gasteiger partial charge in [0.15, 0.2) is 15.0 Å². The summed E-state index contributed by atoms with van der Waals surface area (Å²) in [5.41, 5.74) is 1.71. The lowest BCUT2D eigenvalue weighted by Crippen LogP contribution is -2.36. The van der Waals surface area contributed by atoms with Gasteiger partial charge in [0.25, 0.3) is 0 Å². The molecule has 0 saturated heterocycles. The van der Waals surface area contributed by atoms with Crippen molar-refractivity contribution in [3.63, 3.8) is 0 Å². The molecule has 1 aromatic carbocycles.